The zero-order valence-corrected chi connectivity index (χ0v) is 19.5. The summed E-state index contributed by atoms with van der Waals surface area (Å²) >= 11 is 0. The molecule has 5 nitrogen and oxygen atoms in total. The number of para-hydroxylation sites is 1. The van der Waals surface area contributed by atoms with Crippen molar-refractivity contribution in [3.63, 3.8) is 0 Å². The maximum atomic E-state index is 12.7. The Kier molecular flexibility index (Phi) is 6.83. The number of hydrogen-bond acceptors (Lipinski definition) is 5. The topological polar surface area (TPSA) is 57.7 Å². The number of carbonyl (C=O) groups is 1. The number of ether oxygens (including phenoxy) is 1. The van der Waals surface area contributed by atoms with E-state index in [1.807, 2.05) is 43.9 Å². The molecule has 1 heterocycles. The van der Waals surface area contributed by atoms with E-state index >= 15 is 0 Å². The lowest BCUT2D eigenvalue weighted by molar-refractivity contribution is 0.0725. The monoisotopic (exact) mass is 405 g/mol. The number of pyridine rings is 1. The Balaban J connectivity index is 2.17. The lowest BCUT2D eigenvalue weighted by Crippen LogP contribution is -2.31. The molecule has 7 heteroatoms. The molecule has 0 aliphatic heterocycles. The Labute approximate surface area is 164 Å². The van der Waals surface area contributed by atoms with Crippen LogP contribution < -0.4 is 4.74 Å². The summed E-state index contributed by atoms with van der Waals surface area (Å²) in [6.45, 7) is 15.0. The van der Waals surface area contributed by atoms with E-state index in [1.165, 1.54) is 0 Å². The summed E-state index contributed by atoms with van der Waals surface area (Å²) in [6, 6.07) is 9.25. The maximum absolute atomic E-state index is 12.7. The molecule has 0 radical (unpaired) electrons. The largest absolute Gasteiger partial charge is 0.516 e. The Morgan fingerprint density at radius 1 is 1.07 bits per heavy atom. The van der Waals surface area contributed by atoms with Crippen molar-refractivity contribution in [3.8, 4) is 5.88 Å². The fourth-order valence-corrected chi connectivity index (χ4v) is 4.71. The molecular weight excluding hydrogens is 374 g/mol. The summed E-state index contributed by atoms with van der Waals surface area (Å²) in [5.41, 5.74) is 1.23. The summed E-state index contributed by atoms with van der Waals surface area (Å²) in [6.07, 6.45) is 0.904. The van der Waals surface area contributed by atoms with Crippen molar-refractivity contribution in [1.82, 2.24) is 4.98 Å². The standard InChI is InChI=1S/C20H31NO4Si2/c1-15(24-26(2,3)4)12-13-23-19-14-17(20(22)25-27(5,6)7)16-10-8-9-11-18(16)21-19/h8-11,14-15H,12-13H2,1-7H3. The van der Waals surface area contributed by atoms with Crippen molar-refractivity contribution in [2.45, 2.75) is 58.7 Å². The van der Waals surface area contributed by atoms with Gasteiger partial charge in [-0.25, -0.2) is 9.78 Å². The predicted octanol–water partition coefficient (Wildman–Crippen LogP) is 5.24. The van der Waals surface area contributed by atoms with Crippen molar-refractivity contribution < 1.29 is 18.4 Å². The molecule has 0 saturated heterocycles. The highest BCUT2D eigenvalue weighted by Gasteiger charge is 2.23. The van der Waals surface area contributed by atoms with E-state index in [9.17, 15) is 4.79 Å². The van der Waals surface area contributed by atoms with Crippen LogP contribution in [0.15, 0.2) is 30.3 Å². The van der Waals surface area contributed by atoms with E-state index in [1.54, 1.807) is 6.07 Å². The predicted molar refractivity (Wildman–Crippen MR) is 115 cm³/mol. The van der Waals surface area contributed by atoms with Crippen LogP contribution in [0.3, 0.4) is 0 Å². The van der Waals surface area contributed by atoms with Gasteiger partial charge in [-0.05, 0) is 52.3 Å². The zero-order valence-electron chi connectivity index (χ0n) is 17.5. The molecule has 1 unspecified atom stereocenters. The highest BCUT2D eigenvalue weighted by Crippen LogP contribution is 2.24. The van der Waals surface area contributed by atoms with Crippen LogP contribution in [0.5, 0.6) is 5.88 Å². The first-order valence-electron chi connectivity index (χ1n) is 9.38. The third kappa shape index (κ3) is 7.08. The van der Waals surface area contributed by atoms with E-state index in [0.717, 1.165) is 17.3 Å². The van der Waals surface area contributed by atoms with Crippen molar-refractivity contribution in [3.05, 3.63) is 35.9 Å². The summed E-state index contributed by atoms with van der Waals surface area (Å²) in [7, 11) is -3.56. The van der Waals surface area contributed by atoms with Crippen LogP contribution >= 0.6 is 0 Å². The number of benzene rings is 1. The number of nitrogens with zero attached hydrogens (tertiary/aromatic N) is 1. The summed E-state index contributed by atoms with van der Waals surface area (Å²) in [5.74, 6) is 0.129. The summed E-state index contributed by atoms with van der Waals surface area (Å²) in [4.78, 5) is 17.2. The normalized spacial score (nSPS) is 13.4. The highest BCUT2D eigenvalue weighted by molar-refractivity contribution is 6.71. The fourth-order valence-electron chi connectivity index (χ4n) is 2.72. The molecule has 0 bridgehead atoms. The molecule has 148 valence electrons. The van der Waals surface area contributed by atoms with Gasteiger partial charge in [0.15, 0.2) is 8.32 Å². The molecule has 1 aromatic carbocycles. The molecule has 0 amide bonds. The van der Waals surface area contributed by atoms with Gasteiger partial charge in [0.05, 0.1) is 17.7 Å². The Bertz CT molecular complexity index is 797. The number of hydrogen-bond donors (Lipinski definition) is 0. The molecule has 0 saturated carbocycles. The number of fused-ring (bicyclic) bond motifs is 1. The van der Waals surface area contributed by atoms with Crippen LogP contribution in [-0.2, 0) is 8.85 Å². The second-order valence-electron chi connectivity index (χ2n) is 8.71. The fraction of sp³-hybridized carbons (Fsp3) is 0.500. The SMILES string of the molecule is CC(CCOc1cc(C(=O)O[Si](C)(C)C)c2ccccc2n1)O[Si](C)(C)C. The van der Waals surface area contributed by atoms with Crippen LogP contribution in [0.2, 0.25) is 39.3 Å². The quantitative estimate of drug-likeness (QED) is 0.562. The lowest BCUT2D eigenvalue weighted by atomic mass is 10.1. The molecule has 2 aromatic rings. The first-order chi connectivity index (χ1) is 12.4. The Morgan fingerprint density at radius 3 is 2.37 bits per heavy atom. The lowest BCUT2D eigenvalue weighted by Gasteiger charge is -2.23. The van der Waals surface area contributed by atoms with Gasteiger partial charge in [0.25, 0.3) is 0 Å². The molecule has 1 atom stereocenters. The van der Waals surface area contributed by atoms with E-state index in [4.69, 9.17) is 13.6 Å². The van der Waals surface area contributed by atoms with E-state index in [2.05, 4.69) is 31.5 Å². The van der Waals surface area contributed by atoms with Gasteiger partial charge in [-0.3, -0.25) is 0 Å². The highest BCUT2D eigenvalue weighted by atomic mass is 28.4. The van der Waals surface area contributed by atoms with Gasteiger partial charge in [0, 0.05) is 24.0 Å². The van der Waals surface area contributed by atoms with Crippen molar-refractivity contribution in [2.24, 2.45) is 0 Å². The van der Waals surface area contributed by atoms with E-state index < -0.39 is 16.6 Å². The molecule has 0 N–H and O–H groups in total. The van der Waals surface area contributed by atoms with Crippen LogP contribution in [0.1, 0.15) is 23.7 Å². The molecule has 0 aliphatic carbocycles. The molecule has 0 aliphatic rings. The minimum absolute atomic E-state index is 0.133. The smallest absolute Gasteiger partial charge is 0.325 e. The van der Waals surface area contributed by atoms with Crippen LogP contribution in [0, 0.1) is 0 Å². The van der Waals surface area contributed by atoms with Gasteiger partial charge in [-0.15, -0.1) is 0 Å². The maximum Gasteiger partial charge on any atom is 0.325 e. The minimum atomic E-state index is -1.99. The van der Waals surface area contributed by atoms with Gasteiger partial charge < -0.3 is 13.6 Å². The third-order valence-corrected chi connectivity index (χ3v) is 5.55. The van der Waals surface area contributed by atoms with Crippen LogP contribution in [-0.4, -0.2) is 40.3 Å². The summed E-state index contributed by atoms with van der Waals surface area (Å²) in [5, 5.41) is 0.781. The van der Waals surface area contributed by atoms with E-state index in [-0.39, 0.29) is 12.1 Å². The molecule has 0 spiro atoms. The average molecular weight is 406 g/mol. The van der Waals surface area contributed by atoms with Gasteiger partial charge >= 0.3 is 5.97 Å². The average Bonchev–Trinajstić information content (AvgIpc) is 2.50. The molecule has 0 fully saturated rings. The van der Waals surface area contributed by atoms with Gasteiger partial charge in [-0.2, -0.15) is 0 Å². The second kappa shape index (κ2) is 8.54. The molecule has 1 aromatic heterocycles. The third-order valence-electron chi connectivity index (χ3n) is 3.64. The number of aromatic nitrogens is 1. The Morgan fingerprint density at radius 2 is 1.74 bits per heavy atom. The molecule has 27 heavy (non-hydrogen) atoms. The second-order valence-corrected chi connectivity index (χ2v) is 17.6. The van der Waals surface area contributed by atoms with Crippen molar-refractivity contribution >= 4 is 33.5 Å². The van der Waals surface area contributed by atoms with Crippen LogP contribution in [0.25, 0.3) is 10.9 Å². The summed E-state index contributed by atoms with van der Waals surface area (Å²) < 4.78 is 17.6. The zero-order chi connectivity index (χ0) is 20.2. The molecule has 2 rings (SSSR count). The Hall–Kier alpha value is -1.71. The number of carbonyl (C=O) groups excluding carboxylic acids is 1. The van der Waals surface area contributed by atoms with E-state index in [0.29, 0.717) is 18.1 Å². The van der Waals surface area contributed by atoms with Gasteiger partial charge in [0.2, 0.25) is 14.2 Å². The van der Waals surface area contributed by atoms with Crippen LogP contribution in [0.4, 0.5) is 0 Å². The minimum Gasteiger partial charge on any atom is -0.516 e. The van der Waals surface area contributed by atoms with Crippen molar-refractivity contribution in [1.29, 1.82) is 0 Å². The van der Waals surface area contributed by atoms with Gasteiger partial charge in [-0.1, -0.05) is 18.2 Å². The van der Waals surface area contributed by atoms with Gasteiger partial charge in [0.1, 0.15) is 0 Å². The molecular formula is C20H31NO4Si2. The first-order valence-corrected chi connectivity index (χ1v) is 16.2. The number of rotatable bonds is 8. The van der Waals surface area contributed by atoms with Crippen molar-refractivity contribution in [2.75, 3.05) is 6.61 Å². The first kappa shape index (κ1) is 21.6.